The van der Waals surface area contributed by atoms with E-state index in [0.717, 1.165) is 186 Å². The third-order valence-electron chi connectivity index (χ3n) is 14.1. The summed E-state index contributed by atoms with van der Waals surface area (Å²) >= 11 is 0. The molecular formula is C61H118N2O8. The Bertz CT molecular complexity index is 1120. The second kappa shape index (κ2) is 52.5. The molecule has 0 bridgehead atoms. The molecule has 0 radical (unpaired) electrons. The van der Waals surface area contributed by atoms with Gasteiger partial charge in [-0.05, 0) is 136 Å². The average molecular weight is 1010 g/mol. The van der Waals surface area contributed by atoms with E-state index in [2.05, 4.69) is 53.6 Å². The lowest BCUT2D eigenvalue weighted by molar-refractivity contribution is -0.151. The van der Waals surface area contributed by atoms with Gasteiger partial charge in [-0.2, -0.15) is 0 Å². The molecule has 0 aromatic carbocycles. The molecule has 0 spiro atoms. The molecule has 0 aliphatic carbocycles. The number of hydrogen-bond donors (Lipinski definition) is 0. The van der Waals surface area contributed by atoms with Crippen molar-refractivity contribution in [1.82, 2.24) is 9.80 Å². The number of carbonyl (C=O) groups excluding carboxylic acids is 4. The minimum atomic E-state index is -0.209. The molecule has 0 rings (SSSR count). The van der Waals surface area contributed by atoms with Gasteiger partial charge in [0.05, 0.1) is 6.61 Å². The summed E-state index contributed by atoms with van der Waals surface area (Å²) in [5.74, 6) is -0.165. The molecule has 0 aliphatic heterocycles. The lowest BCUT2D eigenvalue weighted by Gasteiger charge is -2.26. The van der Waals surface area contributed by atoms with E-state index in [4.69, 9.17) is 18.9 Å². The van der Waals surface area contributed by atoms with Crippen molar-refractivity contribution in [3.8, 4) is 0 Å². The molecule has 10 nitrogen and oxygen atoms in total. The van der Waals surface area contributed by atoms with Gasteiger partial charge in [0, 0.05) is 32.4 Å². The molecule has 0 fully saturated rings. The summed E-state index contributed by atoms with van der Waals surface area (Å²) in [6.07, 6.45) is 44.1. The standard InChI is InChI=1S/C61H118N2O8/c1-8-13-18-31-42-55(43-32-19-14-9-2)69-59(65)49-37-28-24-22-26-35-46-57(71-61(67)63(53-41-51-62(6)7)52-40-30-39-48-58(64)68-54-17-12-5)47-36-27-23-25-29-38-50-60(66)70-56(44-33-20-15-10-3)45-34-21-16-11-4/h55-57H,8-54H2,1-7H3. The summed E-state index contributed by atoms with van der Waals surface area (Å²) in [4.78, 5) is 55.7. The highest BCUT2D eigenvalue weighted by Gasteiger charge is 2.21. The fourth-order valence-corrected chi connectivity index (χ4v) is 9.41. The van der Waals surface area contributed by atoms with Crippen LogP contribution in [0.2, 0.25) is 0 Å². The van der Waals surface area contributed by atoms with Gasteiger partial charge in [0.1, 0.15) is 18.3 Å². The summed E-state index contributed by atoms with van der Waals surface area (Å²) in [6.45, 7) is 13.7. The largest absolute Gasteiger partial charge is 0.466 e. The zero-order valence-electron chi connectivity index (χ0n) is 48.1. The maximum atomic E-state index is 13.9. The van der Waals surface area contributed by atoms with Crippen molar-refractivity contribution in [2.75, 3.05) is 40.3 Å². The van der Waals surface area contributed by atoms with E-state index in [1.54, 1.807) is 0 Å². The molecule has 1 amide bonds. The second-order valence-corrected chi connectivity index (χ2v) is 21.5. The average Bonchev–Trinajstić information content (AvgIpc) is 3.34. The minimum Gasteiger partial charge on any atom is -0.466 e. The maximum absolute atomic E-state index is 13.9. The Morgan fingerprint density at radius 2 is 0.634 bits per heavy atom. The quantitative estimate of drug-likeness (QED) is 0.0334. The molecule has 420 valence electrons. The summed E-state index contributed by atoms with van der Waals surface area (Å²) in [7, 11) is 4.12. The first-order valence-corrected chi connectivity index (χ1v) is 30.7. The molecule has 0 aliphatic rings. The van der Waals surface area contributed by atoms with E-state index >= 15 is 0 Å². The van der Waals surface area contributed by atoms with E-state index < -0.39 is 0 Å². The minimum absolute atomic E-state index is 0.0195. The number of ether oxygens (including phenoxy) is 4. The Balaban J connectivity index is 5.16. The summed E-state index contributed by atoms with van der Waals surface area (Å²) < 4.78 is 23.7. The van der Waals surface area contributed by atoms with Gasteiger partial charge in [-0.1, -0.05) is 176 Å². The van der Waals surface area contributed by atoms with Crippen LogP contribution in [0.4, 0.5) is 4.79 Å². The van der Waals surface area contributed by atoms with Gasteiger partial charge in [0.25, 0.3) is 0 Å². The van der Waals surface area contributed by atoms with E-state index in [9.17, 15) is 19.2 Å². The van der Waals surface area contributed by atoms with Gasteiger partial charge in [0.2, 0.25) is 0 Å². The molecule has 0 unspecified atom stereocenters. The fourth-order valence-electron chi connectivity index (χ4n) is 9.41. The van der Waals surface area contributed by atoms with Crippen molar-refractivity contribution >= 4 is 24.0 Å². The Morgan fingerprint density at radius 1 is 0.324 bits per heavy atom. The van der Waals surface area contributed by atoms with Gasteiger partial charge in [-0.3, -0.25) is 14.4 Å². The van der Waals surface area contributed by atoms with Crippen LogP contribution in [0.3, 0.4) is 0 Å². The number of esters is 3. The molecule has 71 heavy (non-hydrogen) atoms. The van der Waals surface area contributed by atoms with Crippen LogP contribution in [0.25, 0.3) is 0 Å². The van der Waals surface area contributed by atoms with Crippen LogP contribution in [-0.2, 0) is 33.3 Å². The van der Waals surface area contributed by atoms with Crippen LogP contribution < -0.4 is 0 Å². The molecule has 0 heterocycles. The Morgan fingerprint density at radius 3 is 1.01 bits per heavy atom. The van der Waals surface area contributed by atoms with Crippen molar-refractivity contribution in [3.63, 3.8) is 0 Å². The Labute approximate surface area is 439 Å². The normalized spacial score (nSPS) is 11.6. The SMILES string of the molecule is CCCCCCC(CCCCCC)OC(=O)CCCCCCCCC(CCCCCCCCC(=O)OC(CCCCCC)CCCCCC)OC(=O)N(CCCCCC(=O)OCCCC)CCCN(C)C. The monoisotopic (exact) mass is 1010 g/mol. The number of nitrogens with zero attached hydrogens (tertiary/aromatic N) is 2. The highest BCUT2D eigenvalue weighted by Crippen LogP contribution is 2.22. The third kappa shape index (κ3) is 47.1. The van der Waals surface area contributed by atoms with Crippen molar-refractivity contribution in [2.24, 2.45) is 0 Å². The molecule has 0 atom stereocenters. The molecular weight excluding hydrogens is 889 g/mol. The second-order valence-electron chi connectivity index (χ2n) is 21.5. The predicted molar refractivity (Wildman–Crippen MR) is 298 cm³/mol. The molecule has 10 heteroatoms. The van der Waals surface area contributed by atoms with Crippen LogP contribution in [0, 0.1) is 0 Å². The molecule has 0 saturated heterocycles. The van der Waals surface area contributed by atoms with E-state index in [1.165, 1.54) is 77.0 Å². The number of hydrogen-bond acceptors (Lipinski definition) is 9. The summed E-state index contributed by atoms with van der Waals surface area (Å²) in [6, 6.07) is 0. The molecule has 0 saturated carbocycles. The highest BCUT2D eigenvalue weighted by molar-refractivity contribution is 5.70. The van der Waals surface area contributed by atoms with Crippen LogP contribution >= 0.6 is 0 Å². The Kier molecular flexibility index (Phi) is 50.8. The van der Waals surface area contributed by atoms with Gasteiger partial charge < -0.3 is 28.7 Å². The first-order valence-electron chi connectivity index (χ1n) is 30.7. The van der Waals surface area contributed by atoms with E-state index in [1.807, 2.05) is 4.90 Å². The fraction of sp³-hybridized carbons (Fsp3) is 0.934. The molecule has 0 N–H and O–H groups in total. The van der Waals surface area contributed by atoms with Gasteiger partial charge in [0.15, 0.2) is 0 Å². The zero-order valence-corrected chi connectivity index (χ0v) is 48.1. The van der Waals surface area contributed by atoms with E-state index in [0.29, 0.717) is 39.0 Å². The van der Waals surface area contributed by atoms with Crippen molar-refractivity contribution < 1.29 is 38.1 Å². The number of unbranched alkanes of at least 4 members (excludes halogenated alkanes) is 25. The molecule has 0 aromatic heterocycles. The van der Waals surface area contributed by atoms with Gasteiger partial charge >= 0.3 is 24.0 Å². The molecule has 0 aromatic rings. The van der Waals surface area contributed by atoms with Crippen LogP contribution in [0.1, 0.15) is 311 Å². The lowest BCUT2D eigenvalue weighted by Crippen LogP contribution is -2.37. The van der Waals surface area contributed by atoms with Crippen molar-refractivity contribution in [3.05, 3.63) is 0 Å². The summed E-state index contributed by atoms with van der Waals surface area (Å²) in [5, 5.41) is 0. The van der Waals surface area contributed by atoms with Crippen molar-refractivity contribution in [2.45, 2.75) is 329 Å². The van der Waals surface area contributed by atoms with Gasteiger partial charge in [-0.25, -0.2) is 4.79 Å². The maximum Gasteiger partial charge on any atom is 0.410 e. The number of amides is 1. The Hall–Kier alpha value is -2.36. The van der Waals surface area contributed by atoms with Crippen LogP contribution in [-0.4, -0.2) is 92.4 Å². The first kappa shape index (κ1) is 68.6. The number of rotatable bonds is 54. The number of carbonyl (C=O) groups is 4. The zero-order chi connectivity index (χ0) is 52.3. The van der Waals surface area contributed by atoms with E-state index in [-0.39, 0.29) is 42.3 Å². The first-order chi connectivity index (χ1) is 34.6. The highest BCUT2D eigenvalue weighted by atomic mass is 16.6. The van der Waals surface area contributed by atoms with Crippen LogP contribution in [0.5, 0.6) is 0 Å². The van der Waals surface area contributed by atoms with Crippen LogP contribution in [0.15, 0.2) is 0 Å². The lowest BCUT2D eigenvalue weighted by atomic mass is 10.0. The smallest absolute Gasteiger partial charge is 0.410 e. The predicted octanol–water partition coefficient (Wildman–Crippen LogP) is 17.6. The third-order valence-corrected chi connectivity index (χ3v) is 14.1. The van der Waals surface area contributed by atoms with Crippen molar-refractivity contribution in [1.29, 1.82) is 0 Å². The summed E-state index contributed by atoms with van der Waals surface area (Å²) in [5.41, 5.74) is 0. The topological polar surface area (TPSA) is 112 Å². The van der Waals surface area contributed by atoms with Gasteiger partial charge in [-0.15, -0.1) is 0 Å².